The van der Waals surface area contributed by atoms with Crippen LogP contribution >= 0.6 is 0 Å². The number of alkyl halides is 2. The molecule has 1 saturated carbocycles. The number of hydrogen-bond donors (Lipinski definition) is 1. The number of nitriles is 1. The Labute approximate surface area is 261 Å². The van der Waals surface area contributed by atoms with E-state index in [4.69, 9.17) is 4.98 Å². The van der Waals surface area contributed by atoms with Gasteiger partial charge in [-0.05, 0) is 88.4 Å². The highest BCUT2D eigenvalue weighted by atomic mass is 19.3. The second-order valence-corrected chi connectivity index (χ2v) is 13.4. The predicted octanol–water partition coefficient (Wildman–Crippen LogP) is 8.61. The average molecular weight is 601 g/mol. The summed E-state index contributed by atoms with van der Waals surface area (Å²) in [6.07, 6.45) is 15.0. The molecule has 6 nitrogen and oxygen atoms in total. The van der Waals surface area contributed by atoms with Crippen molar-refractivity contribution in [3.05, 3.63) is 65.1 Å². The lowest BCUT2D eigenvalue weighted by Crippen LogP contribution is -2.40. The van der Waals surface area contributed by atoms with Crippen molar-refractivity contribution in [3.63, 3.8) is 0 Å². The topological polar surface area (TPSA) is 68.1 Å². The van der Waals surface area contributed by atoms with E-state index in [1.165, 1.54) is 0 Å². The van der Waals surface area contributed by atoms with E-state index in [0.29, 0.717) is 18.7 Å². The number of nitrogens with zero attached hydrogens (tertiary/aromatic N) is 5. The SMILES string of the molecule is C=C1C(C2(C#N)CCCCC2)=Cc2c3ncnc2N1CCCCCCCN1CCC(CC1)C(F)(F)c1cccc(c1)[C@@H](C)N3. The van der Waals surface area contributed by atoms with Crippen LogP contribution in [0.3, 0.4) is 0 Å². The van der Waals surface area contributed by atoms with Crippen molar-refractivity contribution in [3.8, 4) is 6.07 Å². The van der Waals surface area contributed by atoms with Crippen LogP contribution in [0, 0.1) is 22.7 Å². The van der Waals surface area contributed by atoms with Crippen LogP contribution in [0.5, 0.6) is 0 Å². The first-order chi connectivity index (χ1) is 21.3. The summed E-state index contributed by atoms with van der Waals surface area (Å²) in [5, 5.41) is 14.1. The number of fused-ring (bicyclic) bond motifs is 9. The van der Waals surface area contributed by atoms with E-state index >= 15 is 8.78 Å². The number of allylic oxidation sites excluding steroid dienone is 1. The van der Waals surface area contributed by atoms with Gasteiger partial charge in [-0.2, -0.15) is 5.26 Å². The molecule has 8 heteroatoms. The first-order valence-corrected chi connectivity index (χ1v) is 16.7. The number of rotatable bonds is 1. The molecule has 5 heterocycles. The van der Waals surface area contributed by atoms with Gasteiger partial charge in [-0.1, -0.05) is 63.3 Å². The van der Waals surface area contributed by atoms with Crippen molar-refractivity contribution in [1.29, 1.82) is 5.26 Å². The fourth-order valence-corrected chi connectivity index (χ4v) is 7.80. The van der Waals surface area contributed by atoms with E-state index < -0.39 is 17.3 Å². The molecule has 1 aromatic heterocycles. The maximum Gasteiger partial charge on any atom is 0.276 e. The number of piperidine rings is 1. The molecule has 1 atom stereocenters. The number of benzene rings is 1. The van der Waals surface area contributed by atoms with Gasteiger partial charge in [-0.25, -0.2) is 18.7 Å². The van der Waals surface area contributed by atoms with Crippen molar-refractivity contribution in [2.45, 2.75) is 95.9 Å². The second-order valence-electron chi connectivity index (χ2n) is 13.4. The largest absolute Gasteiger partial charge is 0.363 e. The zero-order valence-corrected chi connectivity index (χ0v) is 26.1. The molecule has 2 fully saturated rings. The molecule has 2 aromatic rings. The molecule has 8 bridgehead atoms. The van der Waals surface area contributed by atoms with Gasteiger partial charge in [0.2, 0.25) is 0 Å². The molecule has 44 heavy (non-hydrogen) atoms. The van der Waals surface area contributed by atoms with Crippen molar-refractivity contribution in [1.82, 2.24) is 14.9 Å². The number of hydrogen-bond acceptors (Lipinski definition) is 6. The Hall–Kier alpha value is -3.31. The van der Waals surface area contributed by atoms with E-state index in [-0.39, 0.29) is 11.6 Å². The number of anilines is 2. The zero-order chi connectivity index (χ0) is 30.7. The van der Waals surface area contributed by atoms with Gasteiger partial charge in [0.15, 0.2) is 0 Å². The third kappa shape index (κ3) is 6.00. The van der Waals surface area contributed by atoms with Gasteiger partial charge in [0.05, 0.1) is 17.0 Å². The Morgan fingerprint density at radius 1 is 0.955 bits per heavy atom. The fraction of sp³-hybridized carbons (Fsp3) is 0.583. The first-order valence-electron chi connectivity index (χ1n) is 16.7. The molecule has 0 unspecified atom stereocenters. The highest BCUT2D eigenvalue weighted by molar-refractivity contribution is 5.83. The van der Waals surface area contributed by atoms with Gasteiger partial charge in [0.25, 0.3) is 5.92 Å². The van der Waals surface area contributed by atoms with Crippen LogP contribution < -0.4 is 10.2 Å². The monoisotopic (exact) mass is 600 g/mol. The normalized spacial score (nSPS) is 27.3. The fourth-order valence-electron chi connectivity index (χ4n) is 7.80. The molecule has 1 N–H and O–H groups in total. The molecule has 4 aliphatic heterocycles. The van der Waals surface area contributed by atoms with Gasteiger partial charge in [0.1, 0.15) is 18.0 Å². The molecule has 0 spiro atoms. The highest BCUT2D eigenvalue weighted by Crippen LogP contribution is 2.50. The van der Waals surface area contributed by atoms with Crippen molar-refractivity contribution in [2.75, 3.05) is 36.4 Å². The van der Waals surface area contributed by atoms with Crippen molar-refractivity contribution in [2.24, 2.45) is 11.3 Å². The number of halogens is 2. The third-order valence-corrected chi connectivity index (χ3v) is 10.6. The summed E-state index contributed by atoms with van der Waals surface area (Å²) < 4.78 is 31.8. The van der Waals surface area contributed by atoms with E-state index in [0.717, 1.165) is 119 Å². The van der Waals surface area contributed by atoms with Crippen LogP contribution in [0.25, 0.3) is 6.08 Å². The van der Waals surface area contributed by atoms with Crippen LogP contribution in [0.4, 0.5) is 20.4 Å². The van der Waals surface area contributed by atoms with E-state index in [1.54, 1.807) is 24.5 Å². The maximum absolute atomic E-state index is 15.9. The summed E-state index contributed by atoms with van der Waals surface area (Å²) in [5.74, 6) is -2.08. The summed E-state index contributed by atoms with van der Waals surface area (Å²) in [4.78, 5) is 14.0. The van der Waals surface area contributed by atoms with Crippen LogP contribution in [0.15, 0.2) is 48.4 Å². The maximum atomic E-state index is 15.9. The molecule has 0 amide bonds. The molecular weight excluding hydrogens is 554 g/mol. The Morgan fingerprint density at radius 2 is 1.66 bits per heavy atom. The predicted molar refractivity (Wildman–Crippen MR) is 172 cm³/mol. The van der Waals surface area contributed by atoms with Crippen LogP contribution in [0.2, 0.25) is 0 Å². The zero-order valence-electron chi connectivity index (χ0n) is 26.1. The second kappa shape index (κ2) is 13.0. The lowest BCUT2D eigenvalue weighted by atomic mass is 9.68. The molecular formula is C36H46F2N6. The van der Waals surface area contributed by atoms with Crippen LogP contribution in [-0.2, 0) is 5.92 Å². The Morgan fingerprint density at radius 3 is 2.41 bits per heavy atom. The molecule has 5 aliphatic rings. The number of nitrogens with one attached hydrogen (secondary N) is 1. The Balaban J connectivity index is 1.38. The van der Waals surface area contributed by atoms with Gasteiger partial charge >= 0.3 is 0 Å². The summed E-state index contributed by atoms with van der Waals surface area (Å²) in [7, 11) is 0. The van der Waals surface area contributed by atoms with Gasteiger partial charge in [-0.3, -0.25) is 0 Å². The molecule has 234 valence electrons. The smallest absolute Gasteiger partial charge is 0.276 e. The quantitative estimate of drug-likeness (QED) is 0.354. The van der Waals surface area contributed by atoms with E-state index in [1.807, 2.05) is 13.0 Å². The molecule has 0 radical (unpaired) electrons. The lowest BCUT2D eigenvalue weighted by Gasteiger charge is -2.40. The van der Waals surface area contributed by atoms with E-state index in [9.17, 15) is 5.26 Å². The third-order valence-electron chi connectivity index (χ3n) is 10.6. The van der Waals surface area contributed by atoms with E-state index in [2.05, 4.69) is 38.8 Å². The molecule has 1 aliphatic carbocycles. The summed E-state index contributed by atoms with van der Waals surface area (Å²) in [6.45, 7) is 9.77. The summed E-state index contributed by atoms with van der Waals surface area (Å²) in [6, 6.07) is 9.34. The van der Waals surface area contributed by atoms with Crippen LogP contribution in [-0.4, -0.2) is 41.0 Å². The minimum absolute atomic E-state index is 0.0932. The highest BCUT2D eigenvalue weighted by Gasteiger charge is 2.43. The molecule has 1 saturated heterocycles. The summed E-state index contributed by atoms with van der Waals surface area (Å²) in [5.41, 5.74) is 3.00. The van der Waals surface area contributed by atoms with Gasteiger partial charge < -0.3 is 15.1 Å². The van der Waals surface area contributed by atoms with Crippen molar-refractivity contribution < 1.29 is 8.78 Å². The molecule has 1 aromatic carbocycles. The first kappa shape index (κ1) is 30.7. The minimum atomic E-state index is -2.88. The average Bonchev–Trinajstić information content (AvgIpc) is 3.05. The standard InChI is InChI=1S/C36H46F2N6/c1-26-28-12-11-13-30(22-28)36(37,38)29-14-20-43(21-15-29)18-9-4-3-5-10-19-44-27(2)32(35(24-39)16-7-6-8-17-35)23-31-33(42-26)40-25-41-34(31)44/h11-13,22-23,25-26,29H,2-10,14-21H2,1H3,(H,40,41,42)/t26-/m1/s1. The Kier molecular flexibility index (Phi) is 9.05. The lowest BCUT2D eigenvalue weighted by molar-refractivity contribution is -0.0855. The summed E-state index contributed by atoms with van der Waals surface area (Å²) >= 11 is 0. The van der Waals surface area contributed by atoms with Crippen molar-refractivity contribution >= 4 is 17.7 Å². The van der Waals surface area contributed by atoms with Gasteiger partial charge in [0, 0.05) is 29.8 Å². The van der Waals surface area contributed by atoms with Crippen LogP contribution in [0.1, 0.15) is 107 Å². The van der Waals surface area contributed by atoms with Gasteiger partial charge in [-0.15, -0.1) is 0 Å². The Bertz CT molecular complexity index is 1410. The number of aromatic nitrogens is 2. The molecule has 7 rings (SSSR count). The minimum Gasteiger partial charge on any atom is -0.363 e.